The van der Waals surface area contributed by atoms with E-state index in [1.807, 2.05) is 61.5 Å². The number of aliphatic hydroxyl groups excluding tert-OH is 3. The Kier molecular flexibility index (Phi) is 7.08. The topological polar surface area (TPSA) is 113 Å². The molecule has 9 atom stereocenters. The van der Waals surface area contributed by atoms with E-state index in [1.54, 1.807) is 12.2 Å². The van der Waals surface area contributed by atoms with Gasteiger partial charge in [0.2, 0.25) is 0 Å². The van der Waals surface area contributed by atoms with Crippen LogP contribution in [0.3, 0.4) is 0 Å². The molecule has 0 bridgehead atoms. The number of rotatable bonds is 4. The van der Waals surface area contributed by atoms with Crippen LogP contribution in [0.2, 0.25) is 0 Å². The summed E-state index contributed by atoms with van der Waals surface area (Å²) in [6, 6.07) is 15.0. The van der Waals surface area contributed by atoms with Crippen molar-refractivity contribution in [2.75, 3.05) is 6.61 Å². The van der Waals surface area contributed by atoms with E-state index in [4.69, 9.17) is 9.47 Å². The highest BCUT2D eigenvalue weighted by Crippen LogP contribution is 2.70. The molecule has 5 aliphatic rings. The van der Waals surface area contributed by atoms with Gasteiger partial charge >= 0.3 is 0 Å². The molecular weight excluding hydrogens is 556 g/mol. The molecule has 0 unspecified atom stereocenters. The summed E-state index contributed by atoms with van der Waals surface area (Å²) in [5, 5.41) is 31.3. The first kappa shape index (κ1) is 29.3. The third-order valence-electron chi connectivity index (χ3n) is 11.5. The first-order valence-corrected chi connectivity index (χ1v) is 15.5. The summed E-state index contributed by atoms with van der Waals surface area (Å²) < 4.78 is 13.2. The van der Waals surface area contributed by atoms with Crippen molar-refractivity contribution in [3.05, 3.63) is 94.6 Å². The van der Waals surface area contributed by atoms with Crippen LogP contribution >= 0.6 is 0 Å². The fraction of sp³-hybridized carbons (Fsp3) is 0.459. The van der Waals surface area contributed by atoms with E-state index in [1.165, 1.54) is 0 Å². The molecule has 1 heterocycles. The number of fused-ring (bicyclic) bond motifs is 7. The van der Waals surface area contributed by atoms with Gasteiger partial charge in [-0.2, -0.15) is 0 Å². The van der Waals surface area contributed by atoms with Crippen LogP contribution in [-0.4, -0.2) is 51.3 Å². The molecule has 1 saturated heterocycles. The molecule has 4 aliphatic carbocycles. The molecule has 0 amide bonds. The largest absolute Gasteiger partial charge is 0.393 e. The maximum atomic E-state index is 13.7. The summed E-state index contributed by atoms with van der Waals surface area (Å²) in [6.45, 7) is 3.49. The average molecular weight is 595 g/mol. The maximum absolute atomic E-state index is 13.7. The minimum absolute atomic E-state index is 0.00425. The Morgan fingerprint density at radius 2 is 1.70 bits per heavy atom. The van der Waals surface area contributed by atoms with Gasteiger partial charge in [-0.15, -0.1) is 0 Å². The molecule has 7 rings (SSSR count). The Morgan fingerprint density at radius 3 is 2.36 bits per heavy atom. The predicted octanol–water partition coefficient (Wildman–Crippen LogP) is 4.18. The van der Waals surface area contributed by atoms with Crippen LogP contribution in [0.5, 0.6) is 0 Å². The van der Waals surface area contributed by atoms with Gasteiger partial charge in [0.05, 0.1) is 18.8 Å². The zero-order chi connectivity index (χ0) is 30.9. The number of Topliss-reactive ketones (excluding diaryl/α,β-unsaturated/α-hetero) is 1. The maximum Gasteiger partial charge on any atom is 0.193 e. The molecule has 7 heteroatoms. The van der Waals surface area contributed by atoms with Crippen molar-refractivity contribution >= 4 is 11.6 Å². The Hall–Kier alpha value is -3.38. The van der Waals surface area contributed by atoms with Gasteiger partial charge < -0.3 is 24.8 Å². The molecule has 0 radical (unpaired) electrons. The number of hydrogen-bond acceptors (Lipinski definition) is 7. The van der Waals surface area contributed by atoms with Crippen molar-refractivity contribution in [2.24, 2.45) is 28.6 Å². The molecule has 0 aromatic heterocycles. The molecular formula is C37H38O7. The molecule has 2 aromatic rings. The molecule has 228 valence electrons. The summed E-state index contributed by atoms with van der Waals surface area (Å²) in [5.41, 5.74) is 1.79. The number of benzene rings is 2. The predicted molar refractivity (Wildman–Crippen MR) is 162 cm³/mol. The molecule has 3 saturated carbocycles. The summed E-state index contributed by atoms with van der Waals surface area (Å²) in [6.07, 6.45) is 5.81. The van der Waals surface area contributed by atoms with E-state index in [0.29, 0.717) is 12.8 Å². The second-order valence-electron chi connectivity index (χ2n) is 13.6. The fourth-order valence-corrected chi connectivity index (χ4v) is 9.40. The summed E-state index contributed by atoms with van der Waals surface area (Å²) in [5.74, 6) is 5.96. The standard InChI is InChI=1S/C37H38O7/c1-35-16-15-27(40)17-26(35)13-14-28-29-18-32-37(31(42)21-39,36(29,2)19-30(41)33(28)35)44-34(43-32)25-11-9-23(10-12-25)4-3-22-5-7-24(20-38)8-6-22/h5-12,15-17,28-30,32-34,38-39,41H,13-14,18-21H2,1-2H3/t28-,29-,30-,32+,33+,34+,35-,36-,37+/m0/s1. The van der Waals surface area contributed by atoms with Crippen molar-refractivity contribution < 1.29 is 34.4 Å². The summed E-state index contributed by atoms with van der Waals surface area (Å²) >= 11 is 0. The lowest BCUT2D eigenvalue weighted by atomic mass is 9.46. The van der Waals surface area contributed by atoms with E-state index in [0.717, 1.165) is 40.7 Å². The first-order valence-electron chi connectivity index (χ1n) is 15.5. The Morgan fingerprint density at radius 1 is 1.02 bits per heavy atom. The second kappa shape index (κ2) is 10.6. The third-order valence-corrected chi connectivity index (χ3v) is 11.5. The van der Waals surface area contributed by atoms with E-state index in [9.17, 15) is 24.9 Å². The molecule has 44 heavy (non-hydrogen) atoms. The Bertz CT molecular complexity index is 1610. The number of aliphatic hydroxyl groups is 3. The van der Waals surface area contributed by atoms with Gasteiger partial charge in [0, 0.05) is 33.4 Å². The van der Waals surface area contributed by atoms with Gasteiger partial charge in [-0.1, -0.05) is 61.6 Å². The molecule has 0 spiro atoms. The van der Waals surface area contributed by atoms with Gasteiger partial charge in [-0.3, -0.25) is 9.59 Å². The highest BCUT2D eigenvalue weighted by molar-refractivity contribution is 6.01. The number of carbonyl (C=O) groups is 2. The number of hydrogen-bond donors (Lipinski definition) is 3. The molecule has 7 nitrogen and oxygen atoms in total. The van der Waals surface area contributed by atoms with Crippen LogP contribution in [0.4, 0.5) is 0 Å². The van der Waals surface area contributed by atoms with Gasteiger partial charge in [-0.25, -0.2) is 0 Å². The SMILES string of the molecule is C[C@]12C=CC(=O)C=C1CC[C@@H]1[C@@H]2[C@@H](O)C[C@@]2(C)[C@H]1C[C@H]1O[C@@H](c3ccc(C#Cc4ccc(CO)cc4)cc3)O[C@]12C(=O)CO. The van der Waals surface area contributed by atoms with Crippen LogP contribution in [0, 0.1) is 40.4 Å². The smallest absolute Gasteiger partial charge is 0.193 e. The second-order valence-corrected chi connectivity index (χ2v) is 13.6. The van der Waals surface area contributed by atoms with Crippen LogP contribution in [0.25, 0.3) is 0 Å². The monoisotopic (exact) mass is 594 g/mol. The molecule has 3 N–H and O–H groups in total. The van der Waals surface area contributed by atoms with Crippen molar-refractivity contribution in [3.63, 3.8) is 0 Å². The number of allylic oxidation sites excluding steroid dienone is 4. The molecule has 2 aromatic carbocycles. The van der Waals surface area contributed by atoms with Gasteiger partial charge in [0.1, 0.15) is 6.61 Å². The number of ketones is 2. The van der Waals surface area contributed by atoms with E-state index >= 15 is 0 Å². The fourth-order valence-electron chi connectivity index (χ4n) is 9.40. The zero-order valence-electron chi connectivity index (χ0n) is 25.0. The lowest BCUT2D eigenvalue weighted by Crippen LogP contribution is -2.63. The average Bonchev–Trinajstić information content (AvgIpc) is 3.53. The van der Waals surface area contributed by atoms with E-state index < -0.39 is 47.3 Å². The minimum Gasteiger partial charge on any atom is -0.393 e. The normalized spacial score (nSPS) is 38.5. The lowest BCUT2D eigenvalue weighted by molar-refractivity contribution is -0.201. The molecule has 4 fully saturated rings. The van der Waals surface area contributed by atoms with Crippen LogP contribution < -0.4 is 0 Å². The van der Waals surface area contributed by atoms with Gasteiger partial charge in [0.25, 0.3) is 0 Å². The highest BCUT2D eigenvalue weighted by Gasteiger charge is 2.75. The van der Waals surface area contributed by atoms with Crippen LogP contribution in [0.1, 0.15) is 68.1 Å². The summed E-state index contributed by atoms with van der Waals surface area (Å²) in [4.78, 5) is 25.9. The zero-order valence-corrected chi connectivity index (χ0v) is 25.0. The Balaban J connectivity index is 1.16. The van der Waals surface area contributed by atoms with Gasteiger partial charge in [0.15, 0.2) is 23.5 Å². The third kappa shape index (κ3) is 4.23. The van der Waals surface area contributed by atoms with E-state index in [-0.39, 0.29) is 30.1 Å². The van der Waals surface area contributed by atoms with E-state index in [2.05, 4.69) is 18.8 Å². The van der Waals surface area contributed by atoms with Crippen LogP contribution in [-0.2, 0) is 25.7 Å². The highest BCUT2D eigenvalue weighted by atomic mass is 16.7. The van der Waals surface area contributed by atoms with Crippen molar-refractivity contribution in [3.8, 4) is 11.8 Å². The van der Waals surface area contributed by atoms with Crippen molar-refractivity contribution in [1.82, 2.24) is 0 Å². The number of carbonyl (C=O) groups excluding carboxylic acids is 2. The lowest BCUT2D eigenvalue weighted by Gasteiger charge is -2.59. The quantitative estimate of drug-likeness (QED) is 0.455. The Labute approximate surface area is 257 Å². The van der Waals surface area contributed by atoms with Crippen LogP contribution in [0.15, 0.2) is 72.3 Å². The first-order chi connectivity index (χ1) is 21.1. The minimum atomic E-state index is -1.38. The molecule has 1 aliphatic heterocycles. The summed E-state index contributed by atoms with van der Waals surface area (Å²) in [7, 11) is 0. The van der Waals surface area contributed by atoms with Gasteiger partial charge in [-0.05, 0) is 79.5 Å². The van der Waals surface area contributed by atoms with Crippen molar-refractivity contribution in [1.29, 1.82) is 0 Å². The van der Waals surface area contributed by atoms with Crippen molar-refractivity contribution in [2.45, 2.75) is 70.2 Å². The number of ether oxygens (including phenoxy) is 2.